The molecule has 0 heterocycles. The van der Waals surface area contributed by atoms with Crippen molar-refractivity contribution in [2.45, 2.75) is 349 Å². The van der Waals surface area contributed by atoms with Crippen LogP contribution in [-0.4, -0.2) is 96.7 Å². The summed E-state index contributed by atoms with van der Waals surface area (Å²) in [5.74, 6) is 0.0244. The lowest BCUT2D eigenvalue weighted by molar-refractivity contribution is -0.161. The number of phosphoric acid groups is 2. The van der Waals surface area contributed by atoms with E-state index in [-0.39, 0.29) is 25.7 Å². The highest BCUT2D eigenvalue weighted by atomic mass is 31.2. The number of esters is 4. The van der Waals surface area contributed by atoms with Gasteiger partial charge in [-0.2, -0.15) is 0 Å². The highest BCUT2D eigenvalue weighted by Gasteiger charge is 2.30. The van der Waals surface area contributed by atoms with Crippen LogP contribution in [0, 0.1) is 17.8 Å². The lowest BCUT2D eigenvalue weighted by Gasteiger charge is -2.21. The molecule has 90 heavy (non-hydrogen) atoms. The van der Waals surface area contributed by atoms with Crippen molar-refractivity contribution in [3.63, 3.8) is 0 Å². The van der Waals surface area contributed by atoms with Crippen LogP contribution >= 0.6 is 15.6 Å². The molecule has 0 amide bonds. The van der Waals surface area contributed by atoms with Gasteiger partial charge in [-0.3, -0.25) is 37.3 Å². The molecule has 19 heteroatoms. The number of aliphatic hydroxyl groups is 1. The van der Waals surface area contributed by atoms with Gasteiger partial charge in [0.2, 0.25) is 0 Å². The highest BCUT2D eigenvalue weighted by Crippen LogP contribution is 2.45. The van der Waals surface area contributed by atoms with Crippen molar-refractivity contribution in [3.8, 4) is 0 Å². The molecule has 0 spiro atoms. The van der Waals surface area contributed by atoms with Gasteiger partial charge in [-0.1, -0.05) is 278 Å². The number of phosphoric ester groups is 2. The van der Waals surface area contributed by atoms with Gasteiger partial charge in [-0.05, 0) is 69.1 Å². The Kier molecular flexibility index (Phi) is 59.7. The largest absolute Gasteiger partial charge is 0.472 e. The Hall–Kier alpha value is -2.46. The quantitative estimate of drug-likeness (QED) is 0.0169. The number of carbonyl (C=O) groups excluding carboxylic acids is 4. The van der Waals surface area contributed by atoms with Crippen molar-refractivity contribution in [2.24, 2.45) is 17.8 Å². The number of hydrogen-bond donors (Lipinski definition) is 3. The fraction of sp³-hybridized carbons (Fsp3) is 0.887. The van der Waals surface area contributed by atoms with Crippen molar-refractivity contribution < 1.29 is 80.2 Å². The first-order valence-corrected chi connectivity index (χ1v) is 39.2. The molecule has 17 nitrogen and oxygen atoms in total. The third kappa shape index (κ3) is 63.0. The Balaban J connectivity index is 5.27. The SMILES string of the molecule is CCCCCC/C=C\C=C/CCCCCCCC(=O)O[C@H](COC(=O)CCCCCCCCCCCCCCCC(C)C)COP(=O)(O)OC[C@@H](O)COP(=O)(O)OC[C@@H](COC(=O)CCCCCCCCC(C)C)OC(=O)CCCCCCCCC(C)CC. The van der Waals surface area contributed by atoms with Crippen LogP contribution in [0.5, 0.6) is 0 Å². The van der Waals surface area contributed by atoms with Crippen molar-refractivity contribution in [3.05, 3.63) is 24.3 Å². The van der Waals surface area contributed by atoms with Crippen molar-refractivity contribution in [1.29, 1.82) is 0 Å². The first-order chi connectivity index (χ1) is 43.3. The van der Waals surface area contributed by atoms with Gasteiger partial charge in [0, 0.05) is 25.7 Å². The van der Waals surface area contributed by atoms with E-state index in [1.54, 1.807) is 0 Å². The van der Waals surface area contributed by atoms with Crippen LogP contribution in [0.25, 0.3) is 0 Å². The molecule has 3 N–H and O–H groups in total. The molecule has 0 aliphatic rings. The number of allylic oxidation sites excluding steroid dienone is 4. The number of ether oxygens (including phenoxy) is 4. The predicted octanol–water partition coefficient (Wildman–Crippen LogP) is 19.8. The summed E-state index contributed by atoms with van der Waals surface area (Å²) >= 11 is 0. The second-order valence-electron chi connectivity index (χ2n) is 26.1. The summed E-state index contributed by atoms with van der Waals surface area (Å²) in [7, 11) is -9.91. The molecule has 3 unspecified atom stereocenters. The van der Waals surface area contributed by atoms with E-state index in [9.17, 15) is 43.2 Å². The maximum absolute atomic E-state index is 13.0. The van der Waals surface area contributed by atoms with Crippen LogP contribution < -0.4 is 0 Å². The first-order valence-electron chi connectivity index (χ1n) is 36.2. The van der Waals surface area contributed by atoms with Crippen molar-refractivity contribution >= 4 is 39.5 Å². The van der Waals surface area contributed by atoms with Crippen molar-refractivity contribution in [2.75, 3.05) is 39.6 Å². The molecular formula is C71H134O17P2. The summed E-state index contributed by atoms with van der Waals surface area (Å²) < 4.78 is 68.2. The van der Waals surface area contributed by atoms with Crippen LogP contribution in [0.2, 0.25) is 0 Å². The second kappa shape index (κ2) is 61.4. The summed E-state index contributed by atoms with van der Waals surface area (Å²) in [4.78, 5) is 72.5. The Labute approximate surface area is 548 Å². The minimum absolute atomic E-state index is 0.0845. The third-order valence-electron chi connectivity index (χ3n) is 16.1. The molecule has 0 aromatic heterocycles. The number of carbonyl (C=O) groups is 4. The standard InChI is InChI=1S/C71H134O17P2/c1-8-10-11-12-13-14-15-16-17-20-24-27-30-40-47-54-70(75)87-66(58-81-68(73)52-45-38-29-26-23-21-18-19-22-25-28-35-42-49-62(3)4)60-85-89(77,78)83-56-65(72)57-84-90(79,80)86-61-67(59-82-69(74)53-46-39-33-31-36-43-50-63(5)6)88-71(76)55-48-41-34-32-37-44-51-64(7)9-2/h14-17,62-67,72H,8-13,18-61H2,1-7H3,(H,77,78)(H,79,80)/b15-14-,17-16-/t64?,65-,66-,67-/m1/s1. The fourth-order valence-electron chi connectivity index (χ4n) is 10.1. The zero-order valence-electron chi connectivity index (χ0n) is 58.1. The van der Waals surface area contributed by atoms with Gasteiger partial charge in [0.15, 0.2) is 12.2 Å². The molecule has 530 valence electrons. The first kappa shape index (κ1) is 87.5. The molecular weight excluding hydrogens is 1190 g/mol. The zero-order valence-corrected chi connectivity index (χ0v) is 59.9. The second-order valence-corrected chi connectivity index (χ2v) is 29.0. The lowest BCUT2D eigenvalue weighted by Crippen LogP contribution is -2.30. The lowest BCUT2D eigenvalue weighted by atomic mass is 10.00. The van der Waals surface area contributed by atoms with E-state index in [2.05, 4.69) is 72.8 Å². The van der Waals surface area contributed by atoms with E-state index in [0.29, 0.717) is 31.6 Å². The molecule has 0 aliphatic heterocycles. The third-order valence-corrected chi connectivity index (χ3v) is 18.0. The number of aliphatic hydroxyl groups excluding tert-OH is 1. The maximum Gasteiger partial charge on any atom is 0.472 e. The van der Waals surface area contributed by atoms with Crippen LogP contribution in [-0.2, 0) is 65.4 Å². The summed E-state index contributed by atoms with van der Waals surface area (Å²) in [6, 6.07) is 0. The number of hydrogen-bond acceptors (Lipinski definition) is 15. The average Bonchev–Trinajstić information content (AvgIpc) is 3.63. The molecule has 0 saturated carbocycles. The predicted molar refractivity (Wildman–Crippen MR) is 363 cm³/mol. The Bertz CT molecular complexity index is 1860. The molecule has 0 aliphatic carbocycles. The number of rotatable bonds is 67. The zero-order chi connectivity index (χ0) is 66.6. The van der Waals surface area contributed by atoms with Gasteiger partial charge in [0.1, 0.15) is 19.3 Å². The van der Waals surface area contributed by atoms with Crippen LogP contribution in [0.1, 0.15) is 331 Å². The molecule has 0 saturated heterocycles. The summed E-state index contributed by atoms with van der Waals surface area (Å²) in [5.41, 5.74) is 0. The van der Waals surface area contributed by atoms with E-state index in [4.69, 9.17) is 37.0 Å². The molecule has 0 rings (SSSR count). The minimum Gasteiger partial charge on any atom is -0.462 e. The Morgan fingerprint density at radius 3 is 0.989 bits per heavy atom. The van der Waals surface area contributed by atoms with E-state index in [1.165, 1.54) is 122 Å². The van der Waals surface area contributed by atoms with Gasteiger partial charge in [-0.15, -0.1) is 0 Å². The monoisotopic (exact) mass is 1320 g/mol. The van der Waals surface area contributed by atoms with Gasteiger partial charge >= 0.3 is 39.5 Å². The molecule has 6 atom stereocenters. The maximum atomic E-state index is 13.0. The molecule has 0 bridgehead atoms. The summed E-state index contributed by atoms with van der Waals surface area (Å²) in [5, 5.41) is 10.6. The van der Waals surface area contributed by atoms with Crippen LogP contribution in [0.4, 0.5) is 0 Å². The van der Waals surface area contributed by atoms with E-state index in [0.717, 1.165) is 121 Å². The van der Waals surface area contributed by atoms with E-state index >= 15 is 0 Å². The number of unbranched alkanes of at least 4 members (excludes halogenated alkanes) is 31. The van der Waals surface area contributed by atoms with E-state index in [1.807, 2.05) is 0 Å². The van der Waals surface area contributed by atoms with Gasteiger partial charge in [-0.25, -0.2) is 9.13 Å². The van der Waals surface area contributed by atoms with Gasteiger partial charge in [0.05, 0.1) is 26.4 Å². The highest BCUT2D eigenvalue weighted by molar-refractivity contribution is 7.47. The van der Waals surface area contributed by atoms with Crippen LogP contribution in [0.3, 0.4) is 0 Å². The Morgan fingerprint density at radius 2 is 0.656 bits per heavy atom. The minimum atomic E-state index is -4.96. The summed E-state index contributed by atoms with van der Waals surface area (Å²) in [6.45, 7) is 11.7. The van der Waals surface area contributed by atoms with Crippen molar-refractivity contribution in [1.82, 2.24) is 0 Å². The van der Waals surface area contributed by atoms with Gasteiger partial charge in [0.25, 0.3) is 0 Å². The topological polar surface area (TPSA) is 237 Å². The van der Waals surface area contributed by atoms with Gasteiger partial charge < -0.3 is 33.8 Å². The summed E-state index contributed by atoms with van der Waals surface area (Å²) in [6.07, 6.45) is 48.2. The molecule has 0 radical (unpaired) electrons. The Morgan fingerprint density at radius 1 is 0.367 bits per heavy atom. The van der Waals surface area contributed by atoms with E-state index < -0.39 is 97.5 Å². The smallest absolute Gasteiger partial charge is 0.462 e. The molecule has 0 aromatic carbocycles. The normalized spacial score (nSPS) is 14.7. The molecule has 0 fully saturated rings. The van der Waals surface area contributed by atoms with Crippen LogP contribution in [0.15, 0.2) is 24.3 Å². The fourth-order valence-corrected chi connectivity index (χ4v) is 11.7. The molecule has 0 aromatic rings. The average molecular weight is 1320 g/mol.